The Hall–Kier alpha value is -2.25. The summed E-state index contributed by atoms with van der Waals surface area (Å²) in [6.45, 7) is 2.94. The van der Waals surface area contributed by atoms with Crippen LogP contribution in [0.5, 0.6) is 0 Å². The van der Waals surface area contributed by atoms with Gasteiger partial charge in [0.2, 0.25) is 0 Å². The standard InChI is InChI=1S/C18H21FN4O2/c1-21-13-20-8-16(21)9-22-6-5-18(11-22)12-23(17(24)10-25-18)15-4-2-3-14(19)7-15/h2-4,7-8,13H,5-6,9-12H2,1H3. The average molecular weight is 344 g/mol. The van der Waals surface area contributed by atoms with E-state index in [0.717, 1.165) is 31.7 Å². The quantitative estimate of drug-likeness (QED) is 0.848. The Labute approximate surface area is 145 Å². The Kier molecular flexibility index (Phi) is 4.05. The second-order valence-corrected chi connectivity index (χ2v) is 6.89. The minimum Gasteiger partial charge on any atom is -0.362 e. The summed E-state index contributed by atoms with van der Waals surface area (Å²) >= 11 is 0. The number of imidazole rings is 1. The minimum absolute atomic E-state index is 0.0378. The number of aromatic nitrogens is 2. The smallest absolute Gasteiger partial charge is 0.253 e. The SMILES string of the molecule is Cn1cncc1CN1CCC2(C1)CN(c1cccc(F)c1)C(=O)CO2. The number of aryl methyl sites for hydroxylation is 1. The fourth-order valence-electron chi connectivity index (χ4n) is 3.67. The van der Waals surface area contributed by atoms with E-state index >= 15 is 0 Å². The molecule has 1 spiro atoms. The van der Waals surface area contributed by atoms with E-state index < -0.39 is 5.60 Å². The summed E-state index contributed by atoms with van der Waals surface area (Å²) in [7, 11) is 1.98. The van der Waals surface area contributed by atoms with Crippen LogP contribution in [-0.2, 0) is 23.1 Å². The van der Waals surface area contributed by atoms with E-state index in [1.807, 2.05) is 17.8 Å². The molecule has 1 aromatic carbocycles. The Balaban J connectivity index is 1.49. The summed E-state index contributed by atoms with van der Waals surface area (Å²) in [5, 5.41) is 0. The molecule has 2 aliphatic rings. The van der Waals surface area contributed by atoms with Crippen LogP contribution in [0, 0.1) is 5.82 Å². The van der Waals surface area contributed by atoms with Crippen LogP contribution >= 0.6 is 0 Å². The number of nitrogens with zero attached hydrogens (tertiary/aromatic N) is 4. The van der Waals surface area contributed by atoms with E-state index in [1.165, 1.54) is 12.1 Å². The number of hydrogen-bond acceptors (Lipinski definition) is 4. The number of rotatable bonds is 3. The summed E-state index contributed by atoms with van der Waals surface area (Å²) < 4.78 is 21.5. The van der Waals surface area contributed by atoms with Crippen molar-refractivity contribution in [3.05, 3.63) is 48.3 Å². The third-order valence-electron chi connectivity index (χ3n) is 5.07. The van der Waals surface area contributed by atoms with Gasteiger partial charge in [-0.25, -0.2) is 9.37 Å². The van der Waals surface area contributed by atoms with Crippen molar-refractivity contribution in [1.29, 1.82) is 0 Å². The van der Waals surface area contributed by atoms with Gasteiger partial charge in [-0.2, -0.15) is 0 Å². The molecule has 1 unspecified atom stereocenters. The highest BCUT2D eigenvalue weighted by Crippen LogP contribution is 2.32. The van der Waals surface area contributed by atoms with Crippen LogP contribution in [0.2, 0.25) is 0 Å². The van der Waals surface area contributed by atoms with Crippen LogP contribution in [0.25, 0.3) is 0 Å². The van der Waals surface area contributed by atoms with E-state index in [2.05, 4.69) is 9.88 Å². The zero-order chi connectivity index (χ0) is 17.4. The Morgan fingerprint density at radius 1 is 1.36 bits per heavy atom. The Bertz CT molecular complexity index is 793. The van der Waals surface area contributed by atoms with Crippen molar-refractivity contribution in [2.45, 2.75) is 18.6 Å². The van der Waals surface area contributed by atoms with Gasteiger partial charge in [0, 0.05) is 38.6 Å². The summed E-state index contributed by atoms with van der Waals surface area (Å²) in [6.07, 6.45) is 4.52. The second-order valence-electron chi connectivity index (χ2n) is 6.89. The molecule has 1 amide bonds. The van der Waals surface area contributed by atoms with Crippen LogP contribution in [-0.4, -0.2) is 52.2 Å². The lowest BCUT2D eigenvalue weighted by molar-refractivity contribution is -0.137. The molecule has 2 aromatic rings. The maximum atomic E-state index is 13.5. The van der Waals surface area contributed by atoms with Gasteiger partial charge < -0.3 is 14.2 Å². The molecule has 2 saturated heterocycles. The molecule has 0 aliphatic carbocycles. The molecule has 1 atom stereocenters. The van der Waals surface area contributed by atoms with Crippen LogP contribution in [0.15, 0.2) is 36.8 Å². The first-order chi connectivity index (χ1) is 12.0. The molecule has 4 rings (SSSR count). The molecular weight excluding hydrogens is 323 g/mol. The molecule has 6 nitrogen and oxygen atoms in total. The lowest BCUT2D eigenvalue weighted by atomic mass is 10.00. The van der Waals surface area contributed by atoms with Gasteiger partial charge in [0.15, 0.2) is 0 Å². The zero-order valence-corrected chi connectivity index (χ0v) is 14.2. The fourth-order valence-corrected chi connectivity index (χ4v) is 3.67. The highest BCUT2D eigenvalue weighted by atomic mass is 19.1. The molecule has 132 valence electrons. The first kappa shape index (κ1) is 16.2. The number of benzene rings is 1. The van der Waals surface area contributed by atoms with Gasteiger partial charge in [-0.05, 0) is 24.6 Å². The van der Waals surface area contributed by atoms with E-state index in [-0.39, 0.29) is 18.3 Å². The molecule has 0 N–H and O–H groups in total. The first-order valence-corrected chi connectivity index (χ1v) is 8.42. The van der Waals surface area contributed by atoms with Gasteiger partial charge in [0.05, 0.1) is 18.6 Å². The number of carbonyl (C=O) groups is 1. The van der Waals surface area contributed by atoms with Gasteiger partial charge in [-0.3, -0.25) is 9.69 Å². The van der Waals surface area contributed by atoms with Crippen molar-refractivity contribution in [2.75, 3.05) is 31.1 Å². The van der Waals surface area contributed by atoms with E-state index in [1.54, 1.807) is 23.4 Å². The molecule has 0 saturated carbocycles. The predicted molar refractivity (Wildman–Crippen MR) is 90.5 cm³/mol. The number of likely N-dealkylation sites (tertiary alicyclic amines) is 1. The Morgan fingerprint density at radius 3 is 3.00 bits per heavy atom. The maximum absolute atomic E-state index is 13.5. The molecule has 0 radical (unpaired) electrons. The third-order valence-corrected chi connectivity index (χ3v) is 5.07. The number of halogens is 1. The second kappa shape index (κ2) is 6.24. The molecule has 25 heavy (non-hydrogen) atoms. The summed E-state index contributed by atoms with van der Waals surface area (Å²) in [6, 6.07) is 6.18. The molecule has 7 heteroatoms. The van der Waals surface area contributed by atoms with Gasteiger partial charge >= 0.3 is 0 Å². The summed E-state index contributed by atoms with van der Waals surface area (Å²) in [4.78, 5) is 20.4. The third kappa shape index (κ3) is 3.17. The topological polar surface area (TPSA) is 50.6 Å². The van der Waals surface area contributed by atoms with Crippen molar-refractivity contribution in [1.82, 2.24) is 14.5 Å². The number of carbonyl (C=O) groups excluding carboxylic acids is 1. The lowest BCUT2D eigenvalue weighted by Crippen LogP contribution is -2.56. The lowest BCUT2D eigenvalue weighted by Gasteiger charge is -2.40. The molecule has 1 aromatic heterocycles. The normalized spacial score (nSPS) is 24.4. The zero-order valence-electron chi connectivity index (χ0n) is 14.2. The summed E-state index contributed by atoms with van der Waals surface area (Å²) in [5.41, 5.74) is 1.35. The van der Waals surface area contributed by atoms with E-state index in [9.17, 15) is 9.18 Å². The van der Waals surface area contributed by atoms with Crippen LogP contribution < -0.4 is 4.90 Å². The highest BCUT2D eigenvalue weighted by Gasteiger charge is 2.45. The van der Waals surface area contributed by atoms with Crippen molar-refractivity contribution in [3.63, 3.8) is 0 Å². The number of morpholine rings is 1. The van der Waals surface area contributed by atoms with Crippen molar-refractivity contribution in [3.8, 4) is 0 Å². The molecule has 2 aliphatic heterocycles. The van der Waals surface area contributed by atoms with Crippen LogP contribution in [0.1, 0.15) is 12.1 Å². The van der Waals surface area contributed by atoms with Gasteiger partial charge in [0.1, 0.15) is 18.0 Å². The molecule has 2 fully saturated rings. The monoisotopic (exact) mass is 344 g/mol. The van der Waals surface area contributed by atoms with Crippen molar-refractivity contribution >= 4 is 11.6 Å². The van der Waals surface area contributed by atoms with Crippen molar-refractivity contribution < 1.29 is 13.9 Å². The largest absolute Gasteiger partial charge is 0.362 e. The van der Waals surface area contributed by atoms with Gasteiger partial charge in [-0.1, -0.05) is 6.07 Å². The van der Waals surface area contributed by atoms with Crippen molar-refractivity contribution in [2.24, 2.45) is 7.05 Å². The number of amides is 1. The Morgan fingerprint density at radius 2 is 2.24 bits per heavy atom. The molecule has 3 heterocycles. The van der Waals surface area contributed by atoms with E-state index in [4.69, 9.17) is 4.74 Å². The minimum atomic E-state index is -0.390. The summed E-state index contributed by atoms with van der Waals surface area (Å²) in [5.74, 6) is -0.462. The predicted octanol–water partition coefficient (Wildman–Crippen LogP) is 1.57. The number of hydrogen-bond donors (Lipinski definition) is 0. The van der Waals surface area contributed by atoms with E-state index in [0.29, 0.717) is 12.2 Å². The molecular formula is C18H21FN4O2. The van der Waals surface area contributed by atoms with Gasteiger partial charge in [0.25, 0.3) is 5.91 Å². The number of anilines is 1. The first-order valence-electron chi connectivity index (χ1n) is 8.42. The average Bonchev–Trinajstić information content (AvgIpc) is 3.18. The molecule has 0 bridgehead atoms. The fraction of sp³-hybridized carbons (Fsp3) is 0.444. The van der Waals surface area contributed by atoms with Gasteiger partial charge in [-0.15, -0.1) is 0 Å². The number of ether oxygens (including phenoxy) is 1. The van der Waals surface area contributed by atoms with Crippen LogP contribution in [0.4, 0.5) is 10.1 Å². The highest BCUT2D eigenvalue weighted by molar-refractivity contribution is 5.95. The maximum Gasteiger partial charge on any atom is 0.253 e. The van der Waals surface area contributed by atoms with Crippen LogP contribution in [0.3, 0.4) is 0 Å².